The van der Waals surface area contributed by atoms with Gasteiger partial charge in [-0.3, -0.25) is 4.98 Å². The van der Waals surface area contributed by atoms with Crippen molar-refractivity contribution in [2.75, 3.05) is 6.54 Å². The summed E-state index contributed by atoms with van der Waals surface area (Å²) in [5.74, 6) is 0. The first-order valence-electron chi connectivity index (χ1n) is 6.13. The maximum absolute atomic E-state index is 11.6. The van der Waals surface area contributed by atoms with Crippen LogP contribution in [0.25, 0.3) is 10.8 Å². The fourth-order valence-electron chi connectivity index (χ4n) is 2.12. The van der Waals surface area contributed by atoms with Crippen LogP contribution < -0.4 is 10.9 Å². The first-order valence-corrected chi connectivity index (χ1v) is 7.68. The molecule has 0 amide bonds. The SMILES string of the molecule is NCCCCc1nccc2c(S(N)(=O)=O)cccc12. The van der Waals surface area contributed by atoms with Crippen LogP contribution in [0.15, 0.2) is 35.4 Å². The third-order valence-electron chi connectivity index (χ3n) is 3.02. The van der Waals surface area contributed by atoms with Gasteiger partial charge in [-0.05, 0) is 37.9 Å². The third kappa shape index (κ3) is 3.09. The quantitative estimate of drug-likeness (QED) is 0.802. The Kier molecular flexibility index (Phi) is 4.14. The van der Waals surface area contributed by atoms with E-state index in [1.165, 1.54) is 6.07 Å². The van der Waals surface area contributed by atoms with E-state index >= 15 is 0 Å². The topological polar surface area (TPSA) is 99.1 Å². The molecule has 1 aromatic carbocycles. The number of hydrogen-bond donors (Lipinski definition) is 2. The zero-order valence-corrected chi connectivity index (χ0v) is 11.4. The molecule has 0 aliphatic rings. The Morgan fingerprint density at radius 2 is 1.89 bits per heavy atom. The smallest absolute Gasteiger partial charge is 0.238 e. The Bertz CT molecular complexity index is 683. The van der Waals surface area contributed by atoms with Crippen molar-refractivity contribution < 1.29 is 8.42 Å². The molecule has 0 spiro atoms. The Morgan fingerprint density at radius 3 is 2.58 bits per heavy atom. The Morgan fingerprint density at radius 1 is 1.11 bits per heavy atom. The molecular weight excluding hydrogens is 262 g/mol. The fraction of sp³-hybridized carbons (Fsp3) is 0.308. The minimum atomic E-state index is -3.72. The van der Waals surface area contributed by atoms with Crippen LogP contribution in [0.3, 0.4) is 0 Å². The molecule has 6 heteroatoms. The van der Waals surface area contributed by atoms with Gasteiger partial charge in [0.1, 0.15) is 0 Å². The van der Waals surface area contributed by atoms with Gasteiger partial charge in [0.05, 0.1) is 4.90 Å². The van der Waals surface area contributed by atoms with Crippen LogP contribution in [-0.4, -0.2) is 19.9 Å². The molecule has 0 radical (unpaired) electrons. The van der Waals surface area contributed by atoms with Crippen LogP contribution in [0.4, 0.5) is 0 Å². The van der Waals surface area contributed by atoms with E-state index in [1.54, 1.807) is 18.3 Å². The van der Waals surface area contributed by atoms with E-state index in [2.05, 4.69) is 4.98 Å². The van der Waals surface area contributed by atoms with Gasteiger partial charge < -0.3 is 5.73 Å². The second-order valence-electron chi connectivity index (χ2n) is 4.40. The number of nitrogens with two attached hydrogens (primary N) is 2. The summed E-state index contributed by atoms with van der Waals surface area (Å²) in [5.41, 5.74) is 6.36. The zero-order valence-electron chi connectivity index (χ0n) is 10.5. The number of hydrogen-bond acceptors (Lipinski definition) is 4. The lowest BCUT2D eigenvalue weighted by Gasteiger charge is -2.08. The predicted octanol–water partition coefficient (Wildman–Crippen LogP) is 1.16. The van der Waals surface area contributed by atoms with Gasteiger partial charge in [-0.25, -0.2) is 13.6 Å². The standard InChI is InChI=1S/C13H17N3O2S/c14-8-2-1-5-12-10-4-3-6-13(19(15,17)18)11(10)7-9-16-12/h3-4,6-7,9H,1-2,5,8,14H2,(H2,15,17,18). The van der Waals surface area contributed by atoms with E-state index in [-0.39, 0.29) is 4.90 Å². The first-order chi connectivity index (χ1) is 9.04. The number of sulfonamides is 1. The van der Waals surface area contributed by atoms with Gasteiger partial charge in [0.15, 0.2) is 0 Å². The molecular formula is C13H17N3O2S. The van der Waals surface area contributed by atoms with Crippen LogP contribution >= 0.6 is 0 Å². The number of aryl methyl sites for hydroxylation is 1. The summed E-state index contributed by atoms with van der Waals surface area (Å²) in [7, 11) is -3.72. The molecule has 4 N–H and O–H groups in total. The van der Waals surface area contributed by atoms with Crippen molar-refractivity contribution in [1.29, 1.82) is 0 Å². The van der Waals surface area contributed by atoms with E-state index in [9.17, 15) is 8.42 Å². The van der Waals surface area contributed by atoms with E-state index in [0.29, 0.717) is 11.9 Å². The molecule has 0 unspecified atom stereocenters. The van der Waals surface area contributed by atoms with Gasteiger partial charge in [-0.15, -0.1) is 0 Å². The minimum absolute atomic E-state index is 0.146. The van der Waals surface area contributed by atoms with Gasteiger partial charge in [-0.1, -0.05) is 12.1 Å². The van der Waals surface area contributed by atoms with Crippen LogP contribution in [0.5, 0.6) is 0 Å². The highest BCUT2D eigenvalue weighted by atomic mass is 32.2. The van der Waals surface area contributed by atoms with Crippen molar-refractivity contribution in [2.24, 2.45) is 10.9 Å². The number of nitrogens with zero attached hydrogens (tertiary/aromatic N) is 1. The highest BCUT2D eigenvalue weighted by Crippen LogP contribution is 2.24. The average molecular weight is 279 g/mol. The lowest BCUT2D eigenvalue weighted by molar-refractivity contribution is 0.598. The minimum Gasteiger partial charge on any atom is -0.330 e. The number of aromatic nitrogens is 1. The fourth-order valence-corrected chi connectivity index (χ4v) is 2.88. The van der Waals surface area contributed by atoms with E-state index in [1.807, 2.05) is 6.07 Å². The summed E-state index contributed by atoms with van der Waals surface area (Å²) < 4.78 is 23.1. The third-order valence-corrected chi connectivity index (χ3v) is 3.99. The van der Waals surface area contributed by atoms with Crippen molar-refractivity contribution in [1.82, 2.24) is 4.98 Å². The highest BCUT2D eigenvalue weighted by molar-refractivity contribution is 7.89. The second kappa shape index (κ2) is 5.64. The normalized spacial score (nSPS) is 11.9. The number of fused-ring (bicyclic) bond motifs is 1. The van der Waals surface area contributed by atoms with Gasteiger partial charge >= 0.3 is 0 Å². The molecule has 0 aliphatic carbocycles. The molecule has 0 aliphatic heterocycles. The van der Waals surface area contributed by atoms with Gasteiger partial charge in [-0.2, -0.15) is 0 Å². The molecule has 0 fully saturated rings. The molecule has 1 aromatic heterocycles. The predicted molar refractivity (Wildman–Crippen MR) is 75.1 cm³/mol. The average Bonchev–Trinajstić information content (AvgIpc) is 2.37. The van der Waals surface area contributed by atoms with Crippen molar-refractivity contribution in [3.63, 3.8) is 0 Å². The van der Waals surface area contributed by atoms with Gasteiger partial charge in [0, 0.05) is 22.7 Å². The molecule has 1 heterocycles. The summed E-state index contributed by atoms with van der Waals surface area (Å²) >= 11 is 0. The van der Waals surface area contributed by atoms with Crippen molar-refractivity contribution in [3.8, 4) is 0 Å². The van der Waals surface area contributed by atoms with E-state index in [4.69, 9.17) is 10.9 Å². The second-order valence-corrected chi connectivity index (χ2v) is 5.93. The number of primary sulfonamides is 1. The molecule has 19 heavy (non-hydrogen) atoms. The first kappa shape index (κ1) is 13.9. The maximum atomic E-state index is 11.6. The maximum Gasteiger partial charge on any atom is 0.238 e. The van der Waals surface area contributed by atoms with Crippen LogP contribution in [0, 0.1) is 0 Å². The molecule has 0 saturated carbocycles. The molecule has 102 valence electrons. The zero-order chi connectivity index (χ0) is 13.9. The largest absolute Gasteiger partial charge is 0.330 e. The van der Waals surface area contributed by atoms with Crippen molar-refractivity contribution in [3.05, 3.63) is 36.2 Å². The molecule has 0 saturated heterocycles. The number of unbranched alkanes of at least 4 members (excludes halogenated alkanes) is 1. The van der Waals surface area contributed by atoms with Crippen molar-refractivity contribution >= 4 is 20.8 Å². The Balaban J connectivity index is 2.52. The molecule has 0 atom stereocenters. The van der Waals surface area contributed by atoms with Gasteiger partial charge in [0.25, 0.3) is 0 Å². The highest BCUT2D eigenvalue weighted by Gasteiger charge is 2.13. The van der Waals surface area contributed by atoms with E-state index in [0.717, 1.165) is 30.3 Å². The number of rotatable bonds is 5. The van der Waals surface area contributed by atoms with Gasteiger partial charge in [0.2, 0.25) is 10.0 Å². The Labute approximate surface area is 112 Å². The molecule has 2 rings (SSSR count). The summed E-state index contributed by atoms with van der Waals surface area (Å²) in [6.07, 6.45) is 4.26. The van der Waals surface area contributed by atoms with E-state index < -0.39 is 10.0 Å². The summed E-state index contributed by atoms with van der Waals surface area (Å²) in [5, 5.41) is 6.70. The summed E-state index contributed by atoms with van der Waals surface area (Å²) in [6.45, 7) is 0.646. The molecule has 2 aromatic rings. The molecule has 5 nitrogen and oxygen atoms in total. The summed E-state index contributed by atoms with van der Waals surface area (Å²) in [6, 6.07) is 6.76. The monoisotopic (exact) mass is 279 g/mol. The lowest BCUT2D eigenvalue weighted by atomic mass is 10.1. The lowest BCUT2D eigenvalue weighted by Crippen LogP contribution is -2.12. The number of pyridine rings is 1. The van der Waals surface area contributed by atoms with Crippen LogP contribution in [-0.2, 0) is 16.4 Å². The number of benzene rings is 1. The summed E-state index contributed by atoms with van der Waals surface area (Å²) in [4.78, 5) is 4.47. The molecule has 0 bridgehead atoms. The Hall–Kier alpha value is -1.50. The van der Waals surface area contributed by atoms with Crippen LogP contribution in [0.1, 0.15) is 18.5 Å². The van der Waals surface area contributed by atoms with Crippen LogP contribution in [0.2, 0.25) is 0 Å². The van der Waals surface area contributed by atoms with Crippen molar-refractivity contribution in [2.45, 2.75) is 24.2 Å².